The average Bonchev–Trinajstić information content (AvgIpc) is 3.06. The monoisotopic (exact) mass is 394 g/mol. The number of halogens is 2. The number of hydrogen-bond acceptors (Lipinski definition) is 4. The van der Waals surface area contributed by atoms with Gasteiger partial charge in [-0.25, -0.2) is 4.98 Å². The fourth-order valence-corrected chi connectivity index (χ4v) is 3.10. The van der Waals surface area contributed by atoms with Crippen molar-refractivity contribution in [1.29, 1.82) is 0 Å². The minimum atomic E-state index is -0.683. The number of anilines is 1. The van der Waals surface area contributed by atoms with Gasteiger partial charge in [0.25, 0.3) is 0 Å². The van der Waals surface area contributed by atoms with Gasteiger partial charge < -0.3 is 9.30 Å². The number of rotatable bonds is 4. The summed E-state index contributed by atoms with van der Waals surface area (Å²) < 4.78 is 14.9. The van der Waals surface area contributed by atoms with Gasteiger partial charge in [-0.3, -0.25) is 4.79 Å². The number of fused-ring (bicyclic) bond motifs is 1. The number of imidazole rings is 1. The van der Waals surface area contributed by atoms with E-state index in [2.05, 4.69) is 15.2 Å². The molecule has 1 aromatic carbocycles. The van der Waals surface area contributed by atoms with Gasteiger partial charge in [-0.05, 0) is 36.4 Å². The van der Waals surface area contributed by atoms with E-state index in [1.165, 1.54) is 12.1 Å². The zero-order valence-corrected chi connectivity index (χ0v) is 15.6. The molecule has 1 amide bonds. The van der Waals surface area contributed by atoms with Crippen LogP contribution in [0.15, 0.2) is 60.8 Å². The summed E-state index contributed by atoms with van der Waals surface area (Å²) in [4.78, 5) is 19.1. The van der Waals surface area contributed by atoms with Crippen LogP contribution in [0.2, 0.25) is 5.02 Å². The standard InChI is InChI=1S/C20H15ClFN5O/c1-26(14-5-3-2-4-6-14)19(28)11-16-20(15-8-9-17(22)25-24-15)23-18-10-7-13(21)12-27(16)18/h2-10,12H,11H2,1H3/i22-1. The zero-order valence-electron chi connectivity index (χ0n) is 14.9. The molecule has 140 valence electrons. The van der Waals surface area contributed by atoms with Crippen molar-refractivity contribution in [3.8, 4) is 11.4 Å². The minimum Gasteiger partial charge on any atom is -0.315 e. The Morgan fingerprint density at radius 1 is 1.11 bits per heavy atom. The molecule has 0 bridgehead atoms. The predicted octanol–water partition coefficient (Wildman–Crippen LogP) is 3.79. The predicted molar refractivity (Wildman–Crippen MR) is 105 cm³/mol. The van der Waals surface area contributed by atoms with Crippen LogP contribution in [0.3, 0.4) is 0 Å². The number of nitrogens with zero attached hydrogens (tertiary/aromatic N) is 5. The van der Waals surface area contributed by atoms with Crippen LogP contribution in [-0.4, -0.2) is 32.5 Å². The Kier molecular flexibility index (Phi) is 4.75. The molecule has 3 aromatic heterocycles. The van der Waals surface area contributed by atoms with Gasteiger partial charge in [0, 0.05) is 18.9 Å². The largest absolute Gasteiger partial charge is 0.315 e. The van der Waals surface area contributed by atoms with Crippen LogP contribution in [0.5, 0.6) is 0 Å². The molecule has 0 aliphatic rings. The second-order valence-corrected chi connectivity index (χ2v) is 6.63. The van der Waals surface area contributed by atoms with Crippen LogP contribution in [0.1, 0.15) is 5.69 Å². The summed E-state index contributed by atoms with van der Waals surface area (Å²) >= 11 is 6.14. The van der Waals surface area contributed by atoms with Crippen molar-refractivity contribution in [2.24, 2.45) is 0 Å². The van der Waals surface area contributed by atoms with E-state index in [0.717, 1.165) is 5.69 Å². The number of likely N-dealkylation sites (N-methyl/N-ethyl adjacent to an activating group) is 1. The van der Waals surface area contributed by atoms with Crippen LogP contribution in [-0.2, 0) is 11.2 Å². The van der Waals surface area contributed by atoms with Crippen molar-refractivity contribution in [3.63, 3.8) is 0 Å². The number of carbonyl (C=O) groups is 1. The first kappa shape index (κ1) is 18.1. The highest BCUT2D eigenvalue weighted by atomic mass is 35.5. The first-order chi connectivity index (χ1) is 13.5. The van der Waals surface area contributed by atoms with Gasteiger partial charge in [-0.2, -0.15) is 4.39 Å². The molecule has 0 aliphatic carbocycles. The molecule has 0 unspecified atom stereocenters. The molecule has 0 aliphatic heterocycles. The van der Waals surface area contributed by atoms with Crippen LogP contribution in [0.25, 0.3) is 17.0 Å². The van der Waals surface area contributed by atoms with Crippen molar-refractivity contribution < 1.29 is 9.18 Å². The van der Waals surface area contributed by atoms with Gasteiger partial charge in [-0.15, -0.1) is 10.2 Å². The molecule has 28 heavy (non-hydrogen) atoms. The maximum absolute atomic E-state index is 13.2. The van der Waals surface area contributed by atoms with Gasteiger partial charge >= 0.3 is 0 Å². The number of para-hydroxylation sites is 1. The fourth-order valence-electron chi connectivity index (χ4n) is 2.94. The van der Waals surface area contributed by atoms with Crippen LogP contribution in [0.4, 0.5) is 10.1 Å². The topological polar surface area (TPSA) is 63.4 Å². The maximum Gasteiger partial charge on any atom is 0.233 e. The summed E-state index contributed by atoms with van der Waals surface area (Å²) in [5.41, 5.74) is 2.83. The maximum atomic E-state index is 13.2. The van der Waals surface area contributed by atoms with E-state index in [1.54, 1.807) is 34.7 Å². The summed E-state index contributed by atoms with van der Waals surface area (Å²) in [6.07, 6.45) is 1.75. The van der Waals surface area contributed by atoms with Crippen LogP contribution in [0, 0.1) is 5.95 Å². The first-order valence-corrected chi connectivity index (χ1v) is 8.88. The molecule has 0 atom stereocenters. The molecule has 0 radical (unpaired) electrons. The highest BCUT2D eigenvalue weighted by Crippen LogP contribution is 2.25. The third-order valence-corrected chi connectivity index (χ3v) is 4.62. The highest BCUT2D eigenvalue weighted by Gasteiger charge is 2.21. The second-order valence-electron chi connectivity index (χ2n) is 6.19. The summed E-state index contributed by atoms with van der Waals surface area (Å²) in [6, 6.07) is 15.5. The van der Waals surface area contributed by atoms with E-state index in [9.17, 15) is 9.18 Å². The lowest BCUT2D eigenvalue weighted by Gasteiger charge is -2.17. The van der Waals surface area contributed by atoms with E-state index in [4.69, 9.17) is 11.6 Å². The molecule has 0 spiro atoms. The van der Waals surface area contributed by atoms with Gasteiger partial charge in [0.15, 0.2) is 0 Å². The molecule has 4 rings (SSSR count). The quantitative estimate of drug-likeness (QED) is 0.528. The molecule has 3 heterocycles. The highest BCUT2D eigenvalue weighted by molar-refractivity contribution is 6.30. The van der Waals surface area contributed by atoms with Gasteiger partial charge in [-0.1, -0.05) is 29.8 Å². The van der Waals surface area contributed by atoms with E-state index < -0.39 is 5.95 Å². The second kappa shape index (κ2) is 7.36. The van der Waals surface area contributed by atoms with E-state index in [1.807, 2.05) is 30.3 Å². The molecule has 4 aromatic rings. The number of amides is 1. The summed E-state index contributed by atoms with van der Waals surface area (Å²) in [6.45, 7) is 0. The van der Waals surface area contributed by atoms with Crippen LogP contribution < -0.4 is 4.90 Å². The molecule has 0 fully saturated rings. The lowest BCUT2D eigenvalue weighted by molar-refractivity contribution is -0.117. The van der Waals surface area contributed by atoms with Gasteiger partial charge in [0.05, 0.1) is 17.1 Å². The molecule has 0 saturated carbocycles. The van der Waals surface area contributed by atoms with Crippen molar-refractivity contribution in [3.05, 3.63) is 77.5 Å². The lowest BCUT2D eigenvalue weighted by Crippen LogP contribution is -2.28. The number of carbonyl (C=O) groups excluding carboxylic acids is 1. The summed E-state index contributed by atoms with van der Waals surface area (Å²) in [7, 11) is 1.71. The van der Waals surface area contributed by atoms with Crippen LogP contribution >= 0.6 is 11.6 Å². The third-order valence-electron chi connectivity index (χ3n) is 4.39. The Hall–Kier alpha value is -3.32. The van der Waals surface area contributed by atoms with E-state index in [0.29, 0.717) is 27.8 Å². The summed E-state index contributed by atoms with van der Waals surface area (Å²) in [5.74, 6) is -0.818. The van der Waals surface area contributed by atoms with Crippen molar-refractivity contribution >= 4 is 28.8 Å². The molecular formula is C20H15ClFN5O. The number of aromatic nitrogens is 4. The zero-order chi connectivity index (χ0) is 19.7. The number of benzene rings is 1. The normalized spacial score (nSPS) is 11.0. The fraction of sp³-hybridized carbons (Fsp3) is 0.100. The molecule has 8 heteroatoms. The first-order valence-electron chi connectivity index (χ1n) is 8.50. The van der Waals surface area contributed by atoms with Crippen molar-refractivity contribution in [2.45, 2.75) is 6.42 Å². The van der Waals surface area contributed by atoms with Crippen molar-refractivity contribution in [1.82, 2.24) is 19.6 Å². The SMILES string of the molecule is CN(C(=O)Cc1c(-c2ccc([18F])nn2)nc2ccc(Cl)cn12)c1ccccc1. The number of hydrogen-bond donors (Lipinski definition) is 0. The smallest absolute Gasteiger partial charge is 0.233 e. The minimum absolute atomic E-state index is 0.0568. The Balaban J connectivity index is 1.78. The van der Waals surface area contributed by atoms with Gasteiger partial charge in [0.2, 0.25) is 11.9 Å². The molecular weight excluding hydrogens is 380 g/mol. The van der Waals surface area contributed by atoms with E-state index >= 15 is 0 Å². The lowest BCUT2D eigenvalue weighted by atomic mass is 10.1. The third kappa shape index (κ3) is 3.44. The Labute approximate surface area is 165 Å². The van der Waals surface area contributed by atoms with Crippen molar-refractivity contribution in [2.75, 3.05) is 11.9 Å². The molecule has 0 saturated heterocycles. The van der Waals surface area contributed by atoms with Gasteiger partial charge in [0.1, 0.15) is 17.0 Å². The molecule has 0 N–H and O–H groups in total. The Bertz CT molecular complexity index is 1140. The Morgan fingerprint density at radius 3 is 2.61 bits per heavy atom. The number of pyridine rings is 1. The van der Waals surface area contributed by atoms with E-state index in [-0.39, 0.29) is 12.3 Å². The Morgan fingerprint density at radius 2 is 1.89 bits per heavy atom. The average molecular weight is 395 g/mol. The summed E-state index contributed by atoms with van der Waals surface area (Å²) in [5, 5.41) is 7.84. The molecule has 6 nitrogen and oxygen atoms in total.